The van der Waals surface area contributed by atoms with E-state index in [2.05, 4.69) is 10.5 Å². The number of benzene rings is 2. The molecule has 2 aromatic rings. The standard InChI is InChI=1S/C18H18N2O2/c1-14(12-15-6-4-3-5-7-15)13-19-20-18(21)16-8-10-17(22-2)11-9-16/h3-13H,1-2H3,(H,20,21)/b14-12+,19-13-. The molecule has 2 aromatic carbocycles. The van der Waals surface area contributed by atoms with Crippen molar-refractivity contribution in [3.63, 3.8) is 0 Å². The molecule has 22 heavy (non-hydrogen) atoms. The van der Waals surface area contributed by atoms with Gasteiger partial charge in [-0.2, -0.15) is 5.10 Å². The quantitative estimate of drug-likeness (QED) is 0.677. The number of carbonyl (C=O) groups is 1. The first kappa shape index (κ1) is 15.5. The molecule has 0 atom stereocenters. The maximum absolute atomic E-state index is 11.9. The summed E-state index contributed by atoms with van der Waals surface area (Å²) in [6, 6.07) is 16.8. The molecule has 4 heteroatoms. The number of nitrogens with one attached hydrogen (secondary N) is 1. The van der Waals surface area contributed by atoms with E-state index in [9.17, 15) is 4.79 Å². The van der Waals surface area contributed by atoms with Gasteiger partial charge in [-0.05, 0) is 42.3 Å². The Hall–Kier alpha value is -2.88. The molecule has 0 aliphatic rings. The van der Waals surface area contributed by atoms with E-state index in [1.165, 1.54) is 0 Å². The molecule has 0 unspecified atom stereocenters. The highest BCUT2D eigenvalue weighted by atomic mass is 16.5. The van der Waals surface area contributed by atoms with E-state index in [1.54, 1.807) is 37.6 Å². The highest BCUT2D eigenvalue weighted by Gasteiger charge is 2.03. The molecule has 0 aliphatic heterocycles. The summed E-state index contributed by atoms with van der Waals surface area (Å²) in [5.41, 5.74) is 5.07. The number of allylic oxidation sites excluding steroid dienone is 1. The maximum atomic E-state index is 11.9. The minimum atomic E-state index is -0.258. The van der Waals surface area contributed by atoms with Gasteiger partial charge in [-0.1, -0.05) is 36.4 Å². The number of nitrogens with zero attached hydrogens (tertiary/aromatic N) is 1. The Morgan fingerprint density at radius 2 is 1.77 bits per heavy atom. The fraction of sp³-hybridized carbons (Fsp3) is 0.111. The van der Waals surface area contributed by atoms with Crippen LogP contribution >= 0.6 is 0 Å². The smallest absolute Gasteiger partial charge is 0.271 e. The van der Waals surface area contributed by atoms with Crippen LogP contribution in [0.1, 0.15) is 22.8 Å². The predicted octanol–water partition coefficient (Wildman–Crippen LogP) is 3.51. The van der Waals surface area contributed by atoms with Crippen LogP contribution in [-0.4, -0.2) is 19.2 Å². The Bertz CT molecular complexity index is 674. The second kappa shape index (κ2) is 7.78. The number of rotatable bonds is 5. The van der Waals surface area contributed by atoms with Crippen molar-refractivity contribution in [1.29, 1.82) is 0 Å². The summed E-state index contributed by atoms with van der Waals surface area (Å²) in [5.74, 6) is 0.452. The van der Waals surface area contributed by atoms with E-state index in [0.717, 1.165) is 11.1 Å². The molecule has 112 valence electrons. The first-order valence-electron chi connectivity index (χ1n) is 6.90. The van der Waals surface area contributed by atoms with Gasteiger partial charge in [-0.15, -0.1) is 0 Å². The molecule has 4 nitrogen and oxygen atoms in total. The van der Waals surface area contributed by atoms with Crippen LogP contribution in [0.4, 0.5) is 0 Å². The SMILES string of the molecule is COc1ccc(C(=O)N/N=C\C(C)=C\c2ccccc2)cc1. The lowest BCUT2D eigenvalue weighted by atomic mass is 10.1. The van der Waals surface area contributed by atoms with Crippen molar-refractivity contribution in [2.45, 2.75) is 6.92 Å². The molecule has 0 saturated heterocycles. The summed E-state index contributed by atoms with van der Waals surface area (Å²) in [6.45, 7) is 1.93. The van der Waals surface area contributed by atoms with Crippen molar-refractivity contribution < 1.29 is 9.53 Å². The topological polar surface area (TPSA) is 50.7 Å². The number of methoxy groups -OCH3 is 1. The predicted molar refractivity (Wildman–Crippen MR) is 89.0 cm³/mol. The van der Waals surface area contributed by atoms with Gasteiger partial charge in [0, 0.05) is 5.56 Å². The van der Waals surface area contributed by atoms with Crippen LogP contribution in [0.3, 0.4) is 0 Å². The molecular formula is C18H18N2O2. The molecule has 0 heterocycles. The minimum Gasteiger partial charge on any atom is -0.497 e. The molecule has 0 fully saturated rings. The zero-order valence-corrected chi connectivity index (χ0v) is 12.6. The van der Waals surface area contributed by atoms with Crippen LogP contribution in [0.2, 0.25) is 0 Å². The van der Waals surface area contributed by atoms with Crippen molar-refractivity contribution in [2.24, 2.45) is 5.10 Å². The van der Waals surface area contributed by atoms with E-state index in [4.69, 9.17) is 4.74 Å². The molecule has 2 rings (SSSR count). The third-order valence-corrected chi connectivity index (χ3v) is 2.98. The minimum absolute atomic E-state index is 0.258. The number of hydrazone groups is 1. The second-order valence-electron chi connectivity index (χ2n) is 4.73. The van der Waals surface area contributed by atoms with Gasteiger partial charge in [0.15, 0.2) is 0 Å². The molecule has 1 N–H and O–H groups in total. The van der Waals surface area contributed by atoms with Gasteiger partial charge in [0.2, 0.25) is 0 Å². The fourth-order valence-electron chi connectivity index (χ4n) is 1.85. The number of carbonyl (C=O) groups excluding carboxylic acids is 1. The van der Waals surface area contributed by atoms with Gasteiger partial charge < -0.3 is 4.74 Å². The van der Waals surface area contributed by atoms with Crippen molar-refractivity contribution in [3.8, 4) is 5.75 Å². The van der Waals surface area contributed by atoms with Crippen LogP contribution in [-0.2, 0) is 0 Å². The van der Waals surface area contributed by atoms with Crippen LogP contribution in [0.15, 0.2) is 65.3 Å². The third kappa shape index (κ3) is 4.59. The molecule has 0 spiro atoms. The average molecular weight is 294 g/mol. The van der Waals surface area contributed by atoms with Crippen LogP contribution in [0, 0.1) is 0 Å². The zero-order chi connectivity index (χ0) is 15.8. The summed E-state index contributed by atoms with van der Waals surface area (Å²) in [7, 11) is 1.58. The van der Waals surface area contributed by atoms with E-state index in [1.807, 2.05) is 43.3 Å². The van der Waals surface area contributed by atoms with E-state index in [-0.39, 0.29) is 5.91 Å². The second-order valence-corrected chi connectivity index (χ2v) is 4.73. The van der Waals surface area contributed by atoms with E-state index >= 15 is 0 Å². The van der Waals surface area contributed by atoms with E-state index in [0.29, 0.717) is 11.3 Å². The number of amides is 1. The van der Waals surface area contributed by atoms with Gasteiger partial charge in [-0.3, -0.25) is 4.79 Å². The third-order valence-electron chi connectivity index (χ3n) is 2.98. The highest BCUT2D eigenvalue weighted by molar-refractivity contribution is 5.95. The van der Waals surface area contributed by atoms with Gasteiger partial charge in [0.25, 0.3) is 5.91 Å². The molecule has 1 amide bonds. The van der Waals surface area contributed by atoms with Crippen LogP contribution in [0.25, 0.3) is 6.08 Å². The molecule has 0 saturated carbocycles. The molecule has 0 aromatic heterocycles. The Balaban J connectivity index is 1.93. The number of hydrogen-bond donors (Lipinski definition) is 1. The molecule has 0 radical (unpaired) electrons. The summed E-state index contributed by atoms with van der Waals surface area (Å²) in [5, 5.41) is 3.96. The normalized spacial score (nSPS) is 11.5. The summed E-state index contributed by atoms with van der Waals surface area (Å²) < 4.78 is 5.05. The summed E-state index contributed by atoms with van der Waals surface area (Å²) in [4.78, 5) is 11.9. The monoisotopic (exact) mass is 294 g/mol. The lowest BCUT2D eigenvalue weighted by Gasteiger charge is -2.02. The highest BCUT2D eigenvalue weighted by Crippen LogP contribution is 2.11. The van der Waals surface area contributed by atoms with Crippen molar-refractivity contribution >= 4 is 18.2 Å². The van der Waals surface area contributed by atoms with Crippen LogP contribution in [0.5, 0.6) is 5.75 Å². The largest absolute Gasteiger partial charge is 0.497 e. The summed E-state index contributed by atoms with van der Waals surface area (Å²) >= 11 is 0. The maximum Gasteiger partial charge on any atom is 0.271 e. The Morgan fingerprint density at radius 3 is 2.41 bits per heavy atom. The van der Waals surface area contributed by atoms with Crippen molar-refractivity contribution in [2.75, 3.05) is 7.11 Å². The molecule has 0 bridgehead atoms. The Kier molecular flexibility index (Phi) is 5.49. The number of hydrogen-bond acceptors (Lipinski definition) is 3. The molecular weight excluding hydrogens is 276 g/mol. The van der Waals surface area contributed by atoms with Crippen LogP contribution < -0.4 is 10.2 Å². The zero-order valence-electron chi connectivity index (χ0n) is 12.6. The van der Waals surface area contributed by atoms with Crippen molar-refractivity contribution in [3.05, 3.63) is 71.3 Å². The van der Waals surface area contributed by atoms with Gasteiger partial charge in [0.05, 0.1) is 13.3 Å². The fourth-order valence-corrected chi connectivity index (χ4v) is 1.85. The molecule has 0 aliphatic carbocycles. The average Bonchev–Trinajstić information content (AvgIpc) is 2.55. The first-order chi connectivity index (χ1) is 10.7. The van der Waals surface area contributed by atoms with Crippen molar-refractivity contribution in [1.82, 2.24) is 5.43 Å². The van der Waals surface area contributed by atoms with Gasteiger partial charge in [0.1, 0.15) is 5.75 Å². The van der Waals surface area contributed by atoms with Gasteiger partial charge in [-0.25, -0.2) is 5.43 Å². The number of ether oxygens (including phenoxy) is 1. The lowest BCUT2D eigenvalue weighted by molar-refractivity contribution is 0.0955. The Morgan fingerprint density at radius 1 is 1.09 bits per heavy atom. The summed E-state index contributed by atoms with van der Waals surface area (Å²) in [6.07, 6.45) is 3.61. The van der Waals surface area contributed by atoms with E-state index < -0.39 is 0 Å². The lowest BCUT2D eigenvalue weighted by Crippen LogP contribution is -2.17. The Labute approximate surface area is 130 Å². The first-order valence-corrected chi connectivity index (χ1v) is 6.90. The van der Waals surface area contributed by atoms with Gasteiger partial charge >= 0.3 is 0 Å².